The molecule has 1 aliphatic rings. The first kappa shape index (κ1) is 14.5. The Hall–Kier alpha value is -2.39. The highest BCUT2D eigenvalue weighted by Gasteiger charge is 2.31. The highest BCUT2D eigenvalue weighted by Crippen LogP contribution is 2.31. The van der Waals surface area contributed by atoms with E-state index >= 15 is 0 Å². The van der Waals surface area contributed by atoms with Crippen LogP contribution in [0.2, 0.25) is 0 Å². The lowest BCUT2D eigenvalue weighted by Crippen LogP contribution is -2.34. The Morgan fingerprint density at radius 3 is 2.91 bits per heavy atom. The number of carbonyl (C=O) groups is 1. The molecule has 0 unspecified atom stereocenters. The molecule has 0 N–H and O–H groups in total. The van der Waals surface area contributed by atoms with Crippen LogP contribution in [0.3, 0.4) is 0 Å². The van der Waals surface area contributed by atoms with Gasteiger partial charge in [0.25, 0.3) is 0 Å². The van der Waals surface area contributed by atoms with E-state index in [0.29, 0.717) is 18.2 Å². The summed E-state index contributed by atoms with van der Waals surface area (Å²) in [5.41, 5.74) is 1.10. The molecule has 1 atom stereocenters. The molecular weight excluding hydrogens is 296 g/mol. The zero-order valence-electron chi connectivity index (χ0n) is 12.3. The molecule has 1 aromatic carbocycles. The number of thiazole rings is 1. The number of likely N-dealkylation sites (tertiary alicyclic amines) is 1. The number of hydrogen-bond donors (Lipinski definition) is 0. The maximum atomic E-state index is 12.5. The second-order valence-electron chi connectivity index (χ2n) is 5.30. The largest absolute Gasteiger partial charge is 0.310 e. The molecule has 1 fully saturated rings. The molecular formula is C16H16N4OS. The van der Waals surface area contributed by atoms with Crippen molar-refractivity contribution in [3.63, 3.8) is 0 Å². The molecule has 1 saturated heterocycles. The second kappa shape index (κ2) is 6.16. The van der Waals surface area contributed by atoms with E-state index in [2.05, 4.69) is 11.2 Å². The number of anilines is 1. The van der Waals surface area contributed by atoms with Crippen LogP contribution >= 0.6 is 11.3 Å². The molecule has 0 aliphatic carbocycles. The molecule has 0 spiro atoms. The lowest BCUT2D eigenvalue weighted by atomic mass is 10.1. The first-order chi connectivity index (χ1) is 10.7. The third-order valence-corrected chi connectivity index (χ3v) is 4.97. The smallest absolute Gasteiger partial charge is 0.233 e. The monoisotopic (exact) mass is 312 g/mol. The van der Waals surface area contributed by atoms with Crippen LogP contribution in [0.25, 0.3) is 10.4 Å². The first-order valence-corrected chi connectivity index (χ1v) is 7.94. The van der Waals surface area contributed by atoms with Gasteiger partial charge in [0.2, 0.25) is 5.91 Å². The fourth-order valence-electron chi connectivity index (χ4n) is 2.58. The summed E-state index contributed by atoms with van der Waals surface area (Å²) < 4.78 is 0. The number of rotatable bonds is 3. The second-order valence-corrected chi connectivity index (χ2v) is 6.31. The van der Waals surface area contributed by atoms with Crippen LogP contribution in [-0.4, -0.2) is 35.9 Å². The summed E-state index contributed by atoms with van der Waals surface area (Å²) in [6.45, 7) is 1.17. The van der Waals surface area contributed by atoms with Crippen LogP contribution in [0.4, 0.5) is 5.13 Å². The van der Waals surface area contributed by atoms with Gasteiger partial charge in [-0.25, -0.2) is 4.98 Å². The number of amides is 1. The van der Waals surface area contributed by atoms with Crippen LogP contribution in [0.1, 0.15) is 6.42 Å². The summed E-state index contributed by atoms with van der Waals surface area (Å²) in [4.78, 5) is 21.2. The van der Waals surface area contributed by atoms with Crippen molar-refractivity contribution in [2.75, 3.05) is 25.0 Å². The molecule has 0 saturated carbocycles. The van der Waals surface area contributed by atoms with E-state index in [4.69, 9.17) is 5.26 Å². The summed E-state index contributed by atoms with van der Waals surface area (Å²) in [5.74, 6) is -0.0829. The van der Waals surface area contributed by atoms with Crippen molar-refractivity contribution < 1.29 is 4.79 Å². The van der Waals surface area contributed by atoms with Gasteiger partial charge in [0.05, 0.1) is 10.8 Å². The third-order valence-electron chi connectivity index (χ3n) is 3.85. The molecule has 1 amide bonds. The minimum absolute atomic E-state index is 0.0340. The molecule has 5 nitrogen and oxygen atoms in total. The van der Waals surface area contributed by atoms with Gasteiger partial charge in [-0.2, -0.15) is 5.26 Å². The molecule has 2 heterocycles. The number of benzene rings is 1. The van der Waals surface area contributed by atoms with E-state index in [1.165, 1.54) is 11.3 Å². The molecule has 112 valence electrons. The van der Waals surface area contributed by atoms with Crippen molar-refractivity contribution in [3.05, 3.63) is 36.5 Å². The quantitative estimate of drug-likeness (QED) is 0.817. The van der Waals surface area contributed by atoms with Crippen molar-refractivity contribution >= 4 is 22.4 Å². The van der Waals surface area contributed by atoms with E-state index < -0.39 is 0 Å². The fourth-order valence-corrected chi connectivity index (χ4v) is 3.46. The molecule has 3 rings (SSSR count). The van der Waals surface area contributed by atoms with Crippen LogP contribution in [0.5, 0.6) is 0 Å². The van der Waals surface area contributed by atoms with Gasteiger partial charge in [-0.1, -0.05) is 41.7 Å². The van der Waals surface area contributed by atoms with E-state index in [1.807, 2.05) is 30.3 Å². The van der Waals surface area contributed by atoms with Gasteiger partial charge in [-0.05, 0) is 12.0 Å². The normalized spacial score (nSPS) is 17.3. The minimum atomic E-state index is -0.117. The Balaban J connectivity index is 1.73. The van der Waals surface area contributed by atoms with Gasteiger partial charge in [-0.15, -0.1) is 0 Å². The molecule has 1 aliphatic heterocycles. The van der Waals surface area contributed by atoms with E-state index in [-0.39, 0.29) is 11.8 Å². The van der Waals surface area contributed by atoms with Gasteiger partial charge >= 0.3 is 0 Å². The van der Waals surface area contributed by atoms with Gasteiger partial charge in [0, 0.05) is 26.3 Å². The predicted molar refractivity (Wildman–Crippen MR) is 86.3 cm³/mol. The third kappa shape index (κ3) is 2.81. The first-order valence-electron chi connectivity index (χ1n) is 7.12. The average Bonchev–Trinajstić information content (AvgIpc) is 3.23. The van der Waals surface area contributed by atoms with Crippen molar-refractivity contribution in [1.29, 1.82) is 5.26 Å². The summed E-state index contributed by atoms with van der Waals surface area (Å²) in [7, 11) is 1.75. The lowest BCUT2D eigenvalue weighted by Gasteiger charge is -2.17. The number of hydrogen-bond acceptors (Lipinski definition) is 5. The van der Waals surface area contributed by atoms with E-state index in [9.17, 15) is 4.79 Å². The maximum Gasteiger partial charge on any atom is 0.233 e. The van der Waals surface area contributed by atoms with E-state index in [0.717, 1.165) is 16.9 Å². The highest BCUT2D eigenvalue weighted by atomic mass is 32.1. The fraction of sp³-hybridized carbons (Fsp3) is 0.312. The van der Waals surface area contributed by atoms with Gasteiger partial charge < -0.3 is 4.90 Å². The van der Waals surface area contributed by atoms with Gasteiger partial charge in [0.15, 0.2) is 11.3 Å². The molecule has 0 radical (unpaired) electrons. The standard InChI is InChI=1S/C16H16N4OS/c1-19(15(21)13-7-8-20(10-13)11-17)16-18-9-14(22-16)12-5-3-2-4-6-12/h2-6,9,13H,7-8,10H2,1H3/t13-/m0/s1. The van der Waals surface area contributed by atoms with Gasteiger partial charge in [0.1, 0.15) is 0 Å². The number of aromatic nitrogens is 1. The summed E-state index contributed by atoms with van der Waals surface area (Å²) in [6, 6.07) is 10.0. The molecule has 6 heteroatoms. The number of carbonyl (C=O) groups excluding carboxylic acids is 1. The Kier molecular flexibility index (Phi) is 4.07. The van der Waals surface area contributed by atoms with Crippen molar-refractivity contribution in [3.8, 4) is 16.6 Å². The minimum Gasteiger partial charge on any atom is -0.310 e. The number of nitrogens with zero attached hydrogens (tertiary/aromatic N) is 4. The Bertz CT molecular complexity index is 706. The number of nitriles is 1. The molecule has 0 bridgehead atoms. The van der Waals surface area contributed by atoms with Crippen LogP contribution in [-0.2, 0) is 4.79 Å². The topological polar surface area (TPSA) is 60.2 Å². The summed E-state index contributed by atoms with van der Waals surface area (Å²) >= 11 is 1.50. The van der Waals surface area contributed by atoms with Crippen LogP contribution < -0.4 is 4.90 Å². The average molecular weight is 312 g/mol. The van der Waals surface area contributed by atoms with Crippen LogP contribution in [0, 0.1) is 17.4 Å². The Labute approximate surface area is 133 Å². The highest BCUT2D eigenvalue weighted by molar-refractivity contribution is 7.19. The predicted octanol–water partition coefficient (Wildman–Crippen LogP) is 2.58. The molecule has 1 aromatic heterocycles. The zero-order chi connectivity index (χ0) is 15.5. The van der Waals surface area contributed by atoms with Crippen molar-refractivity contribution in [1.82, 2.24) is 9.88 Å². The zero-order valence-corrected chi connectivity index (χ0v) is 13.1. The van der Waals surface area contributed by atoms with E-state index in [1.54, 1.807) is 23.0 Å². The Morgan fingerprint density at radius 1 is 1.45 bits per heavy atom. The SMILES string of the molecule is CN(C(=O)[C@H]1CCN(C#N)C1)c1ncc(-c2ccccc2)s1. The summed E-state index contributed by atoms with van der Waals surface area (Å²) in [5, 5.41) is 9.59. The van der Waals surface area contributed by atoms with Gasteiger partial charge in [-0.3, -0.25) is 9.69 Å². The van der Waals surface area contributed by atoms with Crippen molar-refractivity contribution in [2.45, 2.75) is 6.42 Å². The lowest BCUT2D eigenvalue weighted by molar-refractivity contribution is -0.121. The molecule has 22 heavy (non-hydrogen) atoms. The summed E-state index contributed by atoms with van der Waals surface area (Å²) in [6.07, 6.45) is 4.63. The van der Waals surface area contributed by atoms with Crippen molar-refractivity contribution in [2.24, 2.45) is 5.92 Å². The maximum absolute atomic E-state index is 12.5. The molecule has 2 aromatic rings. The Morgan fingerprint density at radius 2 is 2.23 bits per heavy atom. The van der Waals surface area contributed by atoms with Crippen LogP contribution in [0.15, 0.2) is 36.5 Å².